The summed E-state index contributed by atoms with van der Waals surface area (Å²) in [5.74, 6) is -0.473. The van der Waals surface area contributed by atoms with Gasteiger partial charge in [-0.25, -0.2) is 9.59 Å². The van der Waals surface area contributed by atoms with Crippen LogP contribution in [-0.4, -0.2) is 30.6 Å². The monoisotopic (exact) mass is 299 g/mol. The van der Waals surface area contributed by atoms with E-state index < -0.39 is 12.0 Å². The van der Waals surface area contributed by atoms with Crippen molar-refractivity contribution in [3.63, 3.8) is 0 Å². The van der Waals surface area contributed by atoms with E-state index in [-0.39, 0.29) is 12.6 Å². The molecule has 0 fully saturated rings. The first-order valence-electron chi connectivity index (χ1n) is 6.91. The molecule has 0 bridgehead atoms. The van der Waals surface area contributed by atoms with Gasteiger partial charge in [-0.2, -0.15) is 5.26 Å². The zero-order valence-corrected chi connectivity index (χ0v) is 12.7. The van der Waals surface area contributed by atoms with Gasteiger partial charge < -0.3 is 15.0 Å². The minimum absolute atomic E-state index is 0.248. The van der Waals surface area contributed by atoms with Crippen LogP contribution in [0.2, 0.25) is 0 Å². The van der Waals surface area contributed by atoms with Crippen LogP contribution in [0.4, 0.5) is 4.79 Å². The average Bonchev–Trinajstić information content (AvgIpc) is 2.52. The molecule has 6 heteroatoms. The van der Waals surface area contributed by atoms with E-state index in [0.29, 0.717) is 22.4 Å². The molecular weight excluding hydrogens is 282 g/mol. The number of nitrogens with zero attached hydrogens (tertiary/aromatic N) is 2. The van der Waals surface area contributed by atoms with E-state index in [1.54, 1.807) is 45.2 Å². The Kier molecular flexibility index (Phi) is 4.47. The number of esters is 1. The van der Waals surface area contributed by atoms with Crippen LogP contribution in [0.15, 0.2) is 35.5 Å². The predicted molar refractivity (Wildman–Crippen MR) is 79.5 cm³/mol. The lowest BCUT2D eigenvalue weighted by molar-refractivity contribution is -0.139. The summed E-state index contributed by atoms with van der Waals surface area (Å²) in [5, 5.41) is 11.8. The fourth-order valence-electron chi connectivity index (χ4n) is 2.35. The molecule has 1 aromatic rings. The van der Waals surface area contributed by atoms with Crippen molar-refractivity contribution in [3.05, 3.63) is 46.7 Å². The molecule has 22 heavy (non-hydrogen) atoms. The van der Waals surface area contributed by atoms with E-state index in [1.165, 1.54) is 4.90 Å². The highest BCUT2D eigenvalue weighted by molar-refractivity contribution is 5.95. The van der Waals surface area contributed by atoms with Gasteiger partial charge >= 0.3 is 12.0 Å². The molecule has 114 valence electrons. The molecule has 1 atom stereocenters. The predicted octanol–water partition coefficient (Wildman–Crippen LogP) is 2.09. The fraction of sp³-hybridized carbons (Fsp3) is 0.312. The largest absolute Gasteiger partial charge is 0.463 e. The molecule has 0 saturated carbocycles. The van der Waals surface area contributed by atoms with Gasteiger partial charge in [0.2, 0.25) is 0 Å². The molecule has 0 aliphatic carbocycles. The highest BCUT2D eigenvalue weighted by Crippen LogP contribution is 2.30. The second-order valence-corrected chi connectivity index (χ2v) is 4.90. The minimum Gasteiger partial charge on any atom is -0.463 e. The highest BCUT2D eigenvalue weighted by Gasteiger charge is 2.34. The number of nitrogens with one attached hydrogen (secondary N) is 1. The summed E-state index contributed by atoms with van der Waals surface area (Å²) in [6.07, 6.45) is 0. The van der Waals surface area contributed by atoms with Gasteiger partial charge in [0.15, 0.2) is 0 Å². The Morgan fingerprint density at radius 3 is 2.86 bits per heavy atom. The van der Waals surface area contributed by atoms with Crippen molar-refractivity contribution in [2.24, 2.45) is 0 Å². The number of carbonyl (C=O) groups is 2. The zero-order chi connectivity index (χ0) is 16.3. The van der Waals surface area contributed by atoms with Gasteiger partial charge in [0, 0.05) is 12.7 Å². The molecule has 2 rings (SSSR count). The molecule has 0 radical (unpaired) electrons. The summed E-state index contributed by atoms with van der Waals surface area (Å²) < 4.78 is 5.10. The third-order valence-corrected chi connectivity index (χ3v) is 3.60. The lowest BCUT2D eigenvalue weighted by atomic mass is 9.94. The Labute approximate surface area is 129 Å². The van der Waals surface area contributed by atoms with E-state index in [0.717, 1.165) is 0 Å². The Morgan fingerprint density at radius 2 is 2.23 bits per heavy atom. The van der Waals surface area contributed by atoms with Crippen molar-refractivity contribution in [1.82, 2.24) is 10.2 Å². The first-order valence-corrected chi connectivity index (χ1v) is 6.91. The molecule has 1 N–H and O–H groups in total. The van der Waals surface area contributed by atoms with Crippen LogP contribution in [0.25, 0.3) is 0 Å². The van der Waals surface area contributed by atoms with Gasteiger partial charge in [-0.05, 0) is 31.5 Å². The van der Waals surface area contributed by atoms with Crippen LogP contribution in [-0.2, 0) is 9.53 Å². The van der Waals surface area contributed by atoms with Gasteiger partial charge in [-0.15, -0.1) is 0 Å². The topological polar surface area (TPSA) is 82.4 Å². The molecule has 6 nitrogen and oxygen atoms in total. The highest BCUT2D eigenvalue weighted by atomic mass is 16.5. The van der Waals surface area contributed by atoms with Crippen molar-refractivity contribution < 1.29 is 14.3 Å². The van der Waals surface area contributed by atoms with Gasteiger partial charge in [0.05, 0.1) is 29.9 Å². The standard InChI is InChI=1S/C16H17N3O3/c1-4-22-15(20)13-10(2)19(3)16(21)18-14(13)12-7-5-6-11(8-12)9-17/h5-8,14H,4H2,1-3H3,(H,18,21)/t14-/m0/s1. The molecule has 0 spiro atoms. The maximum atomic E-state index is 12.3. The molecule has 0 saturated heterocycles. The number of carbonyl (C=O) groups excluding carboxylic acids is 2. The summed E-state index contributed by atoms with van der Waals surface area (Å²) >= 11 is 0. The average molecular weight is 299 g/mol. The van der Waals surface area contributed by atoms with Gasteiger partial charge in [0.1, 0.15) is 0 Å². The lowest BCUT2D eigenvalue weighted by Gasteiger charge is -2.33. The summed E-state index contributed by atoms with van der Waals surface area (Å²) in [5.41, 5.74) is 2.04. The SMILES string of the molecule is CCOC(=O)C1=C(C)N(C)C(=O)N[C@H]1c1cccc(C#N)c1. The first kappa shape index (κ1) is 15.6. The third kappa shape index (κ3) is 2.79. The Bertz CT molecular complexity index is 688. The second-order valence-electron chi connectivity index (χ2n) is 4.90. The van der Waals surface area contributed by atoms with E-state index in [4.69, 9.17) is 10.00 Å². The van der Waals surface area contributed by atoms with Crippen molar-refractivity contribution in [1.29, 1.82) is 5.26 Å². The number of hydrogen-bond acceptors (Lipinski definition) is 4. The number of rotatable bonds is 3. The van der Waals surface area contributed by atoms with Crippen molar-refractivity contribution in [3.8, 4) is 6.07 Å². The van der Waals surface area contributed by atoms with Gasteiger partial charge in [-0.3, -0.25) is 0 Å². The number of urea groups is 1. The minimum atomic E-state index is -0.629. The second kappa shape index (κ2) is 6.31. The zero-order valence-electron chi connectivity index (χ0n) is 12.7. The van der Waals surface area contributed by atoms with E-state index in [2.05, 4.69) is 11.4 Å². The third-order valence-electron chi connectivity index (χ3n) is 3.60. The van der Waals surface area contributed by atoms with Crippen LogP contribution in [0.3, 0.4) is 0 Å². The quantitative estimate of drug-likeness (QED) is 0.866. The number of nitriles is 1. The van der Waals surface area contributed by atoms with Crippen LogP contribution >= 0.6 is 0 Å². The van der Waals surface area contributed by atoms with Crippen LogP contribution in [0, 0.1) is 11.3 Å². The normalized spacial score (nSPS) is 17.8. The molecule has 1 aliphatic rings. The maximum absolute atomic E-state index is 12.3. The summed E-state index contributed by atoms with van der Waals surface area (Å²) in [7, 11) is 1.59. The van der Waals surface area contributed by atoms with Crippen LogP contribution in [0.1, 0.15) is 31.0 Å². The fourth-order valence-corrected chi connectivity index (χ4v) is 2.35. The van der Waals surface area contributed by atoms with Crippen molar-refractivity contribution in [2.75, 3.05) is 13.7 Å². The Balaban J connectivity index is 2.53. The van der Waals surface area contributed by atoms with Crippen molar-refractivity contribution in [2.45, 2.75) is 19.9 Å². The number of allylic oxidation sites excluding steroid dienone is 1. The van der Waals surface area contributed by atoms with Gasteiger partial charge in [0.25, 0.3) is 0 Å². The molecule has 1 heterocycles. The van der Waals surface area contributed by atoms with Gasteiger partial charge in [-0.1, -0.05) is 12.1 Å². The smallest absolute Gasteiger partial charge is 0.338 e. The molecule has 1 aromatic carbocycles. The lowest BCUT2D eigenvalue weighted by Crippen LogP contribution is -2.46. The van der Waals surface area contributed by atoms with Crippen LogP contribution < -0.4 is 5.32 Å². The Hall–Kier alpha value is -2.81. The number of hydrogen-bond donors (Lipinski definition) is 1. The van der Waals surface area contributed by atoms with E-state index in [9.17, 15) is 9.59 Å². The van der Waals surface area contributed by atoms with Crippen LogP contribution in [0.5, 0.6) is 0 Å². The molecule has 2 amide bonds. The number of ether oxygens (including phenoxy) is 1. The van der Waals surface area contributed by atoms with E-state index >= 15 is 0 Å². The summed E-state index contributed by atoms with van der Waals surface area (Å²) in [4.78, 5) is 25.7. The molecule has 0 unspecified atom stereocenters. The Morgan fingerprint density at radius 1 is 1.50 bits per heavy atom. The number of benzene rings is 1. The number of amides is 2. The van der Waals surface area contributed by atoms with E-state index in [1.807, 2.05) is 0 Å². The maximum Gasteiger partial charge on any atom is 0.338 e. The molecular formula is C16H17N3O3. The summed E-state index contributed by atoms with van der Waals surface area (Å²) in [6, 6.07) is 7.92. The van der Waals surface area contributed by atoms with Crippen molar-refractivity contribution >= 4 is 12.0 Å². The molecule has 0 aromatic heterocycles. The first-order chi connectivity index (χ1) is 10.5. The summed E-state index contributed by atoms with van der Waals surface area (Å²) in [6.45, 7) is 3.68. The molecule has 1 aliphatic heterocycles.